The number of carbonyl (C=O) groups is 2. The molecule has 0 saturated carbocycles. The van der Waals surface area contributed by atoms with E-state index >= 15 is 0 Å². The van der Waals surface area contributed by atoms with Crippen LogP contribution in [-0.2, 0) is 26.2 Å². The number of amides is 1. The molecule has 154 valence electrons. The van der Waals surface area contributed by atoms with Crippen LogP contribution in [-0.4, -0.2) is 25.0 Å². The van der Waals surface area contributed by atoms with Gasteiger partial charge in [0.1, 0.15) is 11.9 Å². The third-order valence-electron chi connectivity index (χ3n) is 5.30. The van der Waals surface area contributed by atoms with Gasteiger partial charge in [-0.2, -0.15) is 0 Å². The van der Waals surface area contributed by atoms with Crippen molar-refractivity contribution in [1.82, 2.24) is 5.32 Å². The Morgan fingerprint density at radius 1 is 0.900 bits per heavy atom. The SMILES string of the molecule is COC(=O)[C@@H](Cc1ccc(F)cc1)NC(=O)C(C)(c1ccccc1)c1ccccc1. The van der Waals surface area contributed by atoms with E-state index in [1.807, 2.05) is 67.6 Å². The lowest BCUT2D eigenvalue weighted by Gasteiger charge is -2.31. The Bertz CT molecular complexity index is 948. The number of halogens is 1. The van der Waals surface area contributed by atoms with Gasteiger partial charge in [0.15, 0.2) is 0 Å². The molecule has 1 amide bonds. The van der Waals surface area contributed by atoms with E-state index < -0.39 is 17.4 Å². The molecule has 0 saturated heterocycles. The van der Waals surface area contributed by atoms with Crippen LogP contribution >= 0.6 is 0 Å². The van der Waals surface area contributed by atoms with E-state index in [1.165, 1.54) is 19.2 Å². The first kappa shape index (κ1) is 21.2. The van der Waals surface area contributed by atoms with Crippen molar-refractivity contribution in [3.8, 4) is 0 Å². The summed E-state index contributed by atoms with van der Waals surface area (Å²) >= 11 is 0. The summed E-state index contributed by atoms with van der Waals surface area (Å²) in [5.41, 5.74) is 1.31. The zero-order valence-corrected chi connectivity index (χ0v) is 17.0. The van der Waals surface area contributed by atoms with Crippen molar-refractivity contribution in [1.29, 1.82) is 0 Å². The predicted octanol–water partition coefficient (Wildman–Crippen LogP) is 4.03. The predicted molar refractivity (Wildman–Crippen MR) is 113 cm³/mol. The number of rotatable bonds is 7. The first-order chi connectivity index (χ1) is 14.4. The highest BCUT2D eigenvalue weighted by Gasteiger charge is 2.39. The van der Waals surface area contributed by atoms with Crippen molar-refractivity contribution >= 4 is 11.9 Å². The van der Waals surface area contributed by atoms with E-state index in [1.54, 1.807) is 12.1 Å². The average Bonchev–Trinajstić information content (AvgIpc) is 2.80. The molecule has 3 aromatic rings. The molecular weight excluding hydrogens is 381 g/mol. The molecule has 5 heteroatoms. The van der Waals surface area contributed by atoms with E-state index in [9.17, 15) is 14.0 Å². The van der Waals surface area contributed by atoms with Crippen molar-refractivity contribution in [3.05, 3.63) is 107 Å². The molecule has 0 bridgehead atoms. The maximum Gasteiger partial charge on any atom is 0.328 e. The van der Waals surface area contributed by atoms with Crippen molar-refractivity contribution in [3.63, 3.8) is 0 Å². The van der Waals surface area contributed by atoms with Crippen molar-refractivity contribution in [2.75, 3.05) is 7.11 Å². The van der Waals surface area contributed by atoms with Crippen LogP contribution in [0.5, 0.6) is 0 Å². The molecule has 0 heterocycles. The number of nitrogens with one attached hydrogen (secondary N) is 1. The summed E-state index contributed by atoms with van der Waals surface area (Å²) in [6, 6.07) is 23.7. The molecule has 0 unspecified atom stereocenters. The van der Waals surface area contributed by atoms with Gasteiger partial charge in [0.05, 0.1) is 12.5 Å². The fourth-order valence-electron chi connectivity index (χ4n) is 3.47. The minimum absolute atomic E-state index is 0.193. The lowest BCUT2D eigenvalue weighted by Crippen LogP contribution is -2.51. The van der Waals surface area contributed by atoms with Crippen molar-refractivity contribution in [2.45, 2.75) is 24.8 Å². The van der Waals surface area contributed by atoms with Gasteiger partial charge in [-0.15, -0.1) is 0 Å². The van der Waals surface area contributed by atoms with Gasteiger partial charge in [-0.1, -0.05) is 72.8 Å². The largest absolute Gasteiger partial charge is 0.467 e. The number of benzene rings is 3. The Balaban J connectivity index is 1.94. The molecule has 0 aromatic heterocycles. The number of carbonyl (C=O) groups excluding carboxylic acids is 2. The zero-order chi connectivity index (χ0) is 21.6. The quantitative estimate of drug-likeness (QED) is 0.604. The maximum atomic E-state index is 13.6. The number of hydrogen-bond donors (Lipinski definition) is 1. The van der Waals surface area contributed by atoms with Crippen molar-refractivity contribution < 1.29 is 18.7 Å². The van der Waals surface area contributed by atoms with Crippen molar-refractivity contribution in [2.24, 2.45) is 0 Å². The van der Waals surface area contributed by atoms with Gasteiger partial charge in [-0.05, 0) is 35.7 Å². The molecule has 0 aliphatic carbocycles. The van der Waals surface area contributed by atoms with E-state index in [-0.39, 0.29) is 18.1 Å². The van der Waals surface area contributed by atoms with Crippen LogP contribution in [0, 0.1) is 5.82 Å². The van der Waals surface area contributed by atoms with Crippen LogP contribution in [0.15, 0.2) is 84.9 Å². The Morgan fingerprint density at radius 2 is 1.40 bits per heavy atom. The second-order valence-electron chi connectivity index (χ2n) is 7.24. The molecule has 0 fully saturated rings. The highest BCUT2D eigenvalue weighted by atomic mass is 19.1. The number of methoxy groups -OCH3 is 1. The number of esters is 1. The first-order valence-corrected chi connectivity index (χ1v) is 9.69. The Hall–Kier alpha value is -3.47. The topological polar surface area (TPSA) is 55.4 Å². The average molecular weight is 405 g/mol. The summed E-state index contributed by atoms with van der Waals surface area (Å²) in [6.07, 6.45) is 0.193. The third-order valence-corrected chi connectivity index (χ3v) is 5.30. The van der Waals surface area contributed by atoms with E-state index in [0.717, 1.165) is 11.1 Å². The molecule has 0 spiro atoms. The van der Waals surface area contributed by atoms with Crippen LogP contribution < -0.4 is 5.32 Å². The summed E-state index contributed by atoms with van der Waals surface area (Å²) in [7, 11) is 1.28. The molecule has 1 N–H and O–H groups in total. The van der Waals surface area contributed by atoms with E-state index in [0.29, 0.717) is 5.56 Å². The van der Waals surface area contributed by atoms with E-state index in [2.05, 4.69) is 5.32 Å². The van der Waals surface area contributed by atoms with Gasteiger partial charge < -0.3 is 10.1 Å². The minimum Gasteiger partial charge on any atom is -0.467 e. The zero-order valence-electron chi connectivity index (χ0n) is 17.0. The molecule has 0 aliphatic heterocycles. The first-order valence-electron chi connectivity index (χ1n) is 9.69. The summed E-state index contributed by atoms with van der Waals surface area (Å²) in [6.45, 7) is 1.83. The molecule has 3 aromatic carbocycles. The molecule has 1 atom stereocenters. The molecule has 3 rings (SSSR count). The third kappa shape index (κ3) is 4.57. The monoisotopic (exact) mass is 405 g/mol. The lowest BCUT2D eigenvalue weighted by atomic mass is 9.75. The fraction of sp³-hybridized carbons (Fsp3) is 0.200. The molecule has 4 nitrogen and oxygen atoms in total. The van der Waals surface area contributed by atoms with Gasteiger partial charge in [0.2, 0.25) is 5.91 Å². The number of hydrogen-bond acceptors (Lipinski definition) is 3. The molecule has 30 heavy (non-hydrogen) atoms. The normalized spacial score (nSPS) is 12.1. The highest BCUT2D eigenvalue weighted by molar-refractivity contribution is 5.94. The molecule has 0 radical (unpaired) electrons. The number of ether oxygens (including phenoxy) is 1. The highest BCUT2D eigenvalue weighted by Crippen LogP contribution is 2.32. The van der Waals surface area contributed by atoms with Gasteiger partial charge >= 0.3 is 5.97 Å². The lowest BCUT2D eigenvalue weighted by molar-refractivity contribution is -0.145. The molecular formula is C25H24FNO3. The van der Waals surface area contributed by atoms with Crippen LogP contribution in [0.2, 0.25) is 0 Å². The fourth-order valence-corrected chi connectivity index (χ4v) is 3.47. The molecule has 0 aliphatic rings. The Labute approximate surface area is 175 Å². The second kappa shape index (κ2) is 9.35. The minimum atomic E-state index is -1.02. The summed E-state index contributed by atoms with van der Waals surface area (Å²) < 4.78 is 18.1. The van der Waals surface area contributed by atoms with Crippen LogP contribution in [0.25, 0.3) is 0 Å². The van der Waals surface area contributed by atoms with Gasteiger partial charge in [0.25, 0.3) is 0 Å². The standard InChI is InChI=1S/C25H24FNO3/c1-25(19-9-5-3-6-10-19,20-11-7-4-8-12-20)24(29)27-22(23(28)30-2)17-18-13-15-21(26)16-14-18/h3-16,22H,17H2,1-2H3,(H,27,29)/t22-/m1/s1. The Kier molecular flexibility index (Phi) is 6.62. The Morgan fingerprint density at radius 3 is 1.87 bits per heavy atom. The van der Waals surface area contributed by atoms with E-state index in [4.69, 9.17) is 4.74 Å². The van der Waals surface area contributed by atoms with Crippen LogP contribution in [0.1, 0.15) is 23.6 Å². The summed E-state index contributed by atoms with van der Waals surface area (Å²) in [5, 5.41) is 2.86. The second-order valence-corrected chi connectivity index (χ2v) is 7.24. The maximum absolute atomic E-state index is 13.6. The summed E-state index contributed by atoms with van der Waals surface area (Å²) in [4.78, 5) is 26.0. The van der Waals surface area contributed by atoms with Crippen LogP contribution in [0.3, 0.4) is 0 Å². The van der Waals surface area contributed by atoms with Gasteiger partial charge in [-0.25, -0.2) is 9.18 Å². The smallest absolute Gasteiger partial charge is 0.328 e. The van der Waals surface area contributed by atoms with Crippen LogP contribution in [0.4, 0.5) is 4.39 Å². The van der Waals surface area contributed by atoms with Gasteiger partial charge in [0, 0.05) is 6.42 Å². The van der Waals surface area contributed by atoms with Gasteiger partial charge in [-0.3, -0.25) is 4.79 Å². The summed E-state index contributed by atoms with van der Waals surface area (Å²) in [5.74, 6) is -1.24.